The van der Waals surface area contributed by atoms with Crippen LogP contribution in [0.5, 0.6) is 0 Å². The first-order chi connectivity index (χ1) is 5.40. The van der Waals surface area contributed by atoms with E-state index in [0.717, 1.165) is 26.1 Å². The number of aromatic amines is 1. The first kappa shape index (κ1) is 6.85. The molecule has 0 aromatic carbocycles. The van der Waals surface area contributed by atoms with E-state index in [4.69, 9.17) is 0 Å². The molecule has 0 spiro atoms. The van der Waals surface area contributed by atoms with Gasteiger partial charge in [-0.15, -0.1) is 0 Å². The molecular weight excluding hydrogens is 138 g/mol. The Bertz CT molecular complexity index is 241. The second kappa shape index (κ2) is 2.66. The summed E-state index contributed by atoms with van der Waals surface area (Å²) in [6.07, 6.45) is 4.07. The molecule has 59 valence electrons. The summed E-state index contributed by atoms with van der Waals surface area (Å²) < 4.78 is 0. The molecule has 0 unspecified atom stereocenters. The lowest BCUT2D eigenvalue weighted by Crippen LogP contribution is -2.29. The van der Waals surface area contributed by atoms with Gasteiger partial charge in [-0.25, -0.2) is 0 Å². The summed E-state index contributed by atoms with van der Waals surface area (Å²) in [5.41, 5.74) is 2.52. The van der Waals surface area contributed by atoms with Crippen molar-refractivity contribution in [2.45, 2.75) is 19.9 Å². The number of likely N-dealkylation sites (N-methyl/N-ethyl adjacent to an activating group) is 1. The van der Waals surface area contributed by atoms with Crippen molar-refractivity contribution in [1.29, 1.82) is 0 Å². The summed E-state index contributed by atoms with van der Waals surface area (Å²) in [4.78, 5) is 2.40. The highest BCUT2D eigenvalue weighted by molar-refractivity contribution is 5.17. The second-order valence-electron chi connectivity index (χ2n) is 2.91. The van der Waals surface area contributed by atoms with Crippen LogP contribution in [0.2, 0.25) is 0 Å². The molecule has 11 heavy (non-hydrogen) atoms. The van der Waals surface area contributed by atoms with E-state index in [0.29, 0.717) is 0 Å². The molecule has 0 fully saturated rings. The zero-order valence-corrected chi connectivity index (χ0v) is 6.72. The zero-order chi connectivity index (χ0) is 7.68. The zero-order valence-electron chi connectivity index (χ0n) is 6.72. The number of nitrogens with one attached hydrogen (secondary N) is 1. The van der Waals surface area contributed by atoms with Crippen molar-refractivity contribution in [2.75, 3.05) is 13.1 Å². The van der Waals surface area contributed by atoms with Gasteiger partial charge in [-0.05, 0) is 13.0 Å². The van der Waals surface area contributed by atoms with Crippen LogP contribution >= 0.6 is 0 Å². The number of rotatable bonds is 1. The van der Waals surface area contributed by atoms with Crippen LogP contribution in [-0.4, -0.2) is 28.2 Å². The predicted molar refractivity (Wildman–Crippen MR) is 42.1 cm³/mol. The van der Waals surface area contributed by atoms with Gasteiger partial charge in [-0.3, -0.25) is 10.00 Å². The highest BCUT2D eigenvalue weighted by Gasteiger charge is 2.15. The van der Waals surface area contributed by atoms with E-state index >= 15 is 0 Å². The highest BCUT2D eigenvalue weighted by Crippen LogP contribution is 2.14. The Morgan fingerprint density at radius 2 is 2.64 bits per heavy atom. The lowest BCUT2D eigenvalue weighted by atomic mass is 10.1. The van der Waals surface area contributed by atoms with Crippen molar-refractivity contribution in [3.63, 3.8) is 0 Å². The van der Waals surface area contributed by atoms with Crippen LogP contribution < -0.4 is 0 Å². The second-order valence-corrected chi connectivity index (χ2v) is 2.91. The maximum Gasteiger partial charge on any atom is 0.116 e. The molecule has 1 aliphatic heterocycles. The summed E-state index contributed by atoms with van der Waals surface area (Å²) in [5, 5.41) is 6.87. The maximum absolute atomic E-state index is 3.90. The molecule has 0 atom stereocenters. The van der Waals surface area contributed by atoms with E-state index < -0.39 is 0 Å². The van der Waals surface area contributed by atoms with Gasteiger partial charge in [0.2, 0.25) is 0 Å². The van der Waals surface area contributed by atoms with Crippen LogP contribution in [0.25, 0.3) is 0 Å². The van der Waals surface area contributed by atoms with Crippen LogP contribution in [0.15, 0.2) is 0 Å². The molecule has 1 radical (unpaired) electrons. The summed E-state index contributed by atoms with van der Waals surface area (Å²) in [6, 6.07) is 0. The van der Waals surface area contributed by atoms with Gasteiger partial charge in [-0.2, -0.15) is 5.10 Å². The quantitative estimate of drug-likeness (QED) is 0.635. The van der Waals surface area contributed by atoms with Gasteiger partial charge in [-0.1, -0.05) is 6.92 Å². The smallest absolute Gasteiger partial charge is 0.116 e. The van der Waals surface area contributed by atoms with Gasteiger partial charge in [0.1, 0.15) is 6.20 Å². The van der Waals surface area contributed by atoms with Crippen molar-refractivity contribution >= 4 is 0 Å². The third-order valence-corrected chi connectivity index (χ3v) is 2.25. The average molecular weight is 150 g/mol. The monoisotopic (exact) mass is 150 g/mol. The molecule has 3 nitrogen and oxygen atoms in total. The van der Waals surface area contributed by atoms with Crippen molar-refractivity contribution in [3.8, 4) is 0 Å². The van der Waals surface area contributed by atoms with E-state index in [1.165, 1.54) is 11.3 Å². The van der Waals surface area contributed by atoms with Crippen molar-refractivity contribution in [2.24, 2.45) is 0 Å². The average Bonchev–Trinajstić information content (AvgIpc) is 2.50. The van der Waals surface area contributed by atoms with Crippen LogP contribution in [0.1, 0.15) is 18.2 Å². The van der Waals surface area contributed by atoms with E-state index in [2.05, 4.69) is 28.2 Å². The first-order valence-electron chi connectivity index (χ1n) is 4.06. The Balaban J connectivity index is 2.18. The third kappa shape index (κ3) is 1.16. The van der Waals surface area contributed by atoms with Crippen LogP contribution in [0.4, 0.5) is 0 Å². The van der Waals surface area contributed by atoms with E-state index in [-0.39, 0.29) is 0 Å². The number of hydrogen-bond acceptors (Lipinski definition) is 2. The Morgan fingerprint density at radius 1 is 1.73 bits per heavy atom. The molecule has 1 N–H and O–H groups in total. The minimum absolute atomic E-state index is 1.02. The Labute approximate surface area is 66.4 Å². The van der Waals surface area contributed by atoms with E-state index in [9.17, 15) is 0 Å². The summed E-state index contributed by atoms with van der Waals surface area (Å²) >= 11 is 0. The van der Waals surface area contributed by atoms with Gasteiger partial charge >= 0.3 is 0 Å². The van der Waals surface area contributed by atoms with Gasteiger partial charge in [0.05, 0.1) is 5.69 Å². The fourth-order valence-corrected chi connectivity index (χ4v) is 1.48. The molecule has 3 heteroatoms. The van der Waals surface area contributed by atoms with Crippen molar-refractivity contribution in [3.05, 3.63) is 17.5 Å². The molecule has 2 rings (SSSR count). The Kier molecular flexibility index (Phi) is 1.66. The predicted octanol–water partition coefficient (Wildman–Crippen LogP) is 0.588. The topological polar surface area (TPSA) is 31.9 Å². The Hall–Kier alpha value is -0.830. The van der Waals surface area contributed by atoms with Crippen molar-refractivity contribution < 1.29 is 0 Å². The van der Waals surface area contributed by atoms with Gasteiger partial charge in [0, 0.05) is 18.7 Å². The maximum atomic E-state index is 3.90. The Morgan fingerprint density at radius 3 is 3.45 bits per heavy atom. The lowest BCUT2D eigenvalue weighted by molar-refractivity contribution is 0.265. The molecule has 0 aliphatic carbocycles. The molecule has 0 amide bonds. The molecule has 1 aliphatic rings. The van der Waals surface area contributed by atoms with Gasteiger partial charge < -0.3 is 0 Å². The number of aromatic nitrogens is 2. The van der Waals surface area contributed by atoms with Gasteiger partial charge in [0.25, 0.3) is 0 Å². The summed E-state index contributed by atoms with van der Waals surface area (Å²) in [7, 11) is 0. The molecule has 1 aromatic rings. The highest BCUT2D eigenvalue weighted by atomic mass is 15.2. The normalized spacial score (nSPS) is 18.3. The fourth-order valence-electron chi connectivity index (χ4n) is 1.48. The minimum atomic E-state index is 1.02. The van der Waals surface area contributed by atoms with E-state index in [1.807, 2.05) is 0 Å². The summed E-state index contributed by atoms with van der Waals surface area (Å²) in [5.74, 6) is 0. The molecular formula is C8H12N3. The SMILES string of the molecule is CCN1CCc2[c]n[nH]c2C1. The number of fused-ring (bicyclic) bond motifs is 1. The molecule has 0 saturated heterocycles. The minimum Gasteiger partial charge on any atom is -0.297 e. The lowest BCUT2D eigenvalue weighted by Gasteiger charge is -2.24. The molecule has 1 aromatic heterocycles. The van der Waals surface area contributed by atoms with Crippen LogP contribution in [0.3, 0.4) is 0 Å². The third-order valence-electron chi connectivity index (χ3n) is 2.25. The fraction of sp³-hybridized carbons (Fsp3) is 0.625. The molecule has 2 heterocycles. The van der Waals surface area contributed by atoms with Gasteiger partial charge in [0.15, 0.2) is 0 Å². The number of nitrogens with zero attached hydrogens (tertiary/aromatic N) is 2. The van der Waals surface area contributed by atoms with E-state index in [1.54, 1.807) is 0 Å². The first-order valence-corrected chi connectivity index (χ1v) is 4.06. The number of hydrogen-bond donors (Lipinski definition) is 1. The van der Waals surface area contributed by atoms with Crippen LogP contribution in [0, 0.1) is 6.20 Å². The summed E-state index contributed by atoms with van der Waals surface area (Å²) in [6.45, 7) is 5.48. The van der Waals surface area contributed by atoms with Crippen LogP contribution in [-0.2, 0) is 13.0 Å². The number of H-pyrrole nitrogens is 1. The largest absolute Gasteiger partial charge is 0.297 e. The molecule has 0 saturated carbocycles. The standard InChI is InChI=1S/C8H12N3/c1-2-11-4-3-7-5-9-10-8(7)6-11/h2-4,6H2,1H3,(H,9,10). The molecule has 0 bridgehead atoms. The van der Waals surface area contributed by atoms with Crippen molar-refractivity contribution in [1.82, 2.24) is 15.1 Å².